The number of nitrogens with zero attached hydrogens (tertiary/aromatic N) is 6. The molecule has 0 aliphatic carbocycles. The first-order valence-corrected chi connectivity index (χ1v) is 15.9. The molecule has 0 radical (unpaired) electrons. The largest absolute Gasteiger partial charge is 0.724 e. The minimum Gasteiger partial charge on any atom is -0.724 e. The number of halogens is 3. The lowest BCUT2D eigenvalue weighted by Gasteiger charge is -2.51. The molecule has 0 saturated carbocycles. The summed E-state index contributed by atoms with van der Waals surface area (Å²) in [5, 5.41) is 15.4. The number of hydrogen-bond acceptors (Lipinski definition) is 15. The number of nitrogens with two attached hydrogens (primary N) is 2. The third-order valence-corrected chi connectivity index (χ3v) is 7.24. The van der Waals surface area contributed by atoms with Crippen molar-refractivity contribution >= 4 is 50.4 Å². The second kappa shape index (κ2) is 16.0. The van der Waals surface area contributed by atoms with Crippen molar-refractivity contribution in [1.82, 2.24) is 24.9 Å². The maximum atomic E-state index is 13.0. The number of amides is 2. The Kier molecular flexibility index (Phi) is 12.6. The van der Waals surface area contributed by atoms with Crippen LogP contribution in [0.1, 0.15) is 26.0 Å². The molecule has 4 rings (SSSR count). The minimum absolute atomic E-state index is 0.0609. The number of anilines is 1. The van der Waals surface area contributed by atoms with Crippen LogP contribution in [0.3, 0.4) is 0 Å². The number of carbonyl (C=O) groups excluding carboxylic acids is 2. The molecule has 1 atom stereocenters. The van der Waals surface area contributed by atoms with Crippen LogP contribution in [0.25, 0.3) is 5.82 Å². The Bertz CT molecular complexity index is 1760. The highest BCUT2D eigenvalue weighted by molar-refractivity contribution is 7.80. The molecule has 0 aromatic carbocycles. The number of hydroxylamine groups is 2. The monoisotopic (exact) mass is 737 g/mol. The van der Waals surface area contributed by atoms with Gasteiger partial charge in [-0.25, -0.2) is 27.7 Å². The van der Waals surface area contributed by atoms with Crippen LogP contribution in [-0.2, 0) is 40.4 Å². The van der Waals surface area contributed by atoms with Crippen molar-refractivity contribution in [2.75, 3.05) is 25.5 Å². The molecule has 24 heteroatoms. The van der Waals surface area contributed by atoms with E-state index < -0.39 is 45.9 Å². The average molecular weight is 738 g/mol. The van der Waals surface area contributed by atoms with Crippen LogP contribution in [0.4, 0.5) is 18.3 Å². The number of rotatable bonds is 14. The van der Waals surface area contributed by atoms with Gasteiger partial charge < -0.3 is 36.0 Å². The number of imidazole rings is 1. The molecular weight excluding hydrogens is 707 g/mol. The highest BCUT2D eigenvalue weighted by Crippen LogP contribution is 2.33. The lowest BCUT2D eigenvalue weighted by molar-refractivity contribution is -0.696. The van der Waals surface area contributed by atoms with Crippen molar-refractivity contribution < 1.29 is 64.1 Å². The van der Waals surface area contributed by atoms with Gasteiger partial charge in [0.1, 0.15) is 36.5 Å². The van der Waals surface area contributed by atoms with Crippen LogP contribution in [0.15, 0.2) is 47.6 Å². The number of β-lactam (4-membered cyclic amide) rings is 1. The number of aromatic nitrogens is 4. The van der Waals surface area contributed by atoms with Gasteiger partial charge >= 0.3 is 12.1 Å². The number of carboxylic acid groups (broad SMARTS) is 1. The molecule has 0 spiro atoms. The number of oxime groups is 1. The van der Waals surface area contributed by atoms with Crippen LogP contribution >= 0.6 is 11.3 Å². The Morgan fingerprint density at radius 2 is 1.98 bits per heavy atom. The molecular formula is C25H30F3N9O10S2. The summed E-state index contributed by atoms with van der Waals surface area (Å²) < 4.78 is 78.2. The third kappa shape index (κ3) is 10.8. The van der Waals surface area contributed by atoms with Crippen molar-refractivity contribution in [2.24, 2.45) is 10.9 Å². The summed E-state index contributed by atoms with van der Waals surface area (Å²) >= 11 is 1.05. The topological polar surface area (TPSA) is 271 Å². The maximum Gasteiger partial charge on any atom is 0.490 e. The number of carbonyl (C=O) groups is 3. The van der Waals surface area contributed by atoms with Crippen molar-refractivity contribution in [2.45, 2.75) is 44.6 Å². The summed E-state index contributed by atoms with van der Waals surface area (Å²) in [5.74, 6) is -3.37. The molecule has 19 nitrogen and oxygen atoms in total. The first-order valence-electron chi connectivity index (χ1n) is 13.7. The molecule has 1 saturated heterocycles. The maximum absolute atomic E-state index is 13.0. The van der Waals surface area contributed by atoms with Gasteiger partial charge in [-0.15, -0.1) is 11.3 Å². The van der Waals surface area contributed by atoms with Gasteiger partial charge in [0, 0.05) is 11.4 Å². The van der Waals surface area contributed by atoms with Crippen molar-refractivity contribution in [3.05, 3.63) is 48.1 Å². The number of alkyl halides is 3. The molecule has 268 valence electrons. The molecule has 2 amide bonds. The molecule has 1 aliphatic rings. The van der Waals surface area contributed by atoms with Crippen LogP contribution in [0, 0.1) is 0 Å². The van der Waals surface area contributed by atoms with Gasteiger partial charge in [-0.1, -0.05) is 5.16 Å². The number of aryl methyl sites for hydroxylation is 1. The zero-order chi connectivity index (χ0) is 36.6. The van der Waals surface area contributed by atoms with Crippen LogP contribution in [-0.4, -0.2) is 98.7 Å². The molecule has 6 N–H and O–H groups in total. The van der Waals surface area contributed by atoms with Gasteiger partial charge in [0.05, 0.1) is 18.3 Å². The van der Waals surface area contributed by atoms with Crippen LogP contribution in [0.2, 0.25) is 0 Å². The number of nitrogen functional groups attached to an aromatic ring is 1. The number of carboxylic acids is 1. The molecule has 4 heterocycles. The van der Waals surface area contributed by atoms with Gasteiger partial charge in [-0.05, 0) is 32.9 Å². The van der Waals surface area contributed by atoms with Gasteiger partial charge in [0.25, 0.3) is 11.8 Å². The summed E-state index contributed by atoms with van der Waals surface area (Å²) in [4.78, 5) is 48.0. The van der Waals surface area contributed by atoms with E-state index in [9.17, 15) is 35.7 Å². The van der Waals surface area contributed by atoms with Crippen LogP contribution in [0.5, 0.6) is 5.75 Å². The smallest absolute Gasteiger partial charge is 0.490 e. The molecule has 0 bridgehead atoms. The fraction of sp³-hybridized carbons (Fsp3) is 0.400. The molecule has 3 aromatic heterocycles. The summed E-state index contributed by atoms with van der Waals surface area (Å²) in [7, 11) is -5.20. The average Bonchev–Trinajstić information content (AvgIpc) is 3.68. The highest BCUT2D eigenvalue weighted by atomic mass is 32.3. The Morgan fingerprint density at radius 3 is 2.51 bits per heavy atom. The Labute approximate surface area is 279 Å². The van der Waals surface area contributed by atoms with E-state index in [2.05, 4.69) is 24.7 Å². The Hall–Kier alpha value is -4.91. The summed E-state index contributed by atoms with van der Waals surface area (Å²) in [6.07, 6.45) is 3.08. The van der Waals surface area contributed by atoms with E-state index >= 15 is 0 Å². The van der Waals surface area contributed by atoms with Gasteiger partial charge in [0.15, 0.2) is 17.5 Å². The Morgan fingerprint density at radius 1 is 1.29 bits per heavy atom. The van der Waals surface area contributed by atoms with Gasteiger partial charge in [-0.2, -0.15) is 27.1 Å². The minimum atomic E-state index is -5.20. The summed E-state index contributed by atoms with van der Waals surface area (Å²) in [6.45, 7) is 4.22. The van der Waals surface area contributed by atoms with E-state index in [4.69, 9.17) is 30.9 Å². The number of thiazole rings is 1. The normalized spacial score (nSPS) is 15.9. The standard InChI is InChI=1S/C23H29N9O8S2.C2HF3O2/c1-23(2)19(21(34)32(23)40-42(35,36)37)28-20(33)18(16-13-41-22(25)27-16)29-39-11-10-38-15-4-5-17(26-12-15)31-9-8-30(14-31)7-3-6-24;3-2(4,5)1(6)7/h4-5,8-9,12-14,19H,3,6-7,10-11,24H2,1-2H3,(H3-,25,27,28,33,35,36,37);(H,6,7)/b29-18-;/t19-;/m1./s1. The first kappa shape index (κ1) is 38.5. The fourth-order valence-corrected chi connectivity index (χ4v) is 4.87. The van der Waals surface area contributed by atoms with E-state index in [1.165, 1.54) is 19.2 Å². The second-order valence-corrected chi connectivity index (χ2v) is 12.1. The van der Waals surface area contributed by atoms with Crippen molar-refractivity contribution in [3.63, 3.8) is 0 Å². The van der Waals surface area contributed by atoms with E-state index in [0.29, 0.717) is 23.2 Å². The van der Waals surface area contributed by atoms with Crippen LogP contribution < -0.4 is 26.1 Å². The zero-order valence-electron chi connectivity index (χ0n) is 25.6. The van der Waals surface area contributed by atoms with Gasteiger partial charge in [-0.3, -0.25) is 9.59 Å². The quantitative estimate of drug-likeness (QED) is 0.0308. The molecule has 1 fully saturated rings. The highest BCUT2D eigenvalue weighted by Gasteiger charge is 2.57. The Balaban J connectivity index is 0.000000838. The van der Waals surface area contributed by atoms with E-state index in [1.54, 1.807) is 18.3 Å². The van der Waals surface area contributed by atoms with Crippen molar-refractivity contribution in [3.8, 4) is 11.6 Å². The number of nitrogens with one attached hydrogen (secondary N) is 1. The lowest BCUT2D eigenvalue weighted by atomic mass is 9.84. The summed E-state index contributed by atoms with van der Waals surface area (Å²) in [6, 6.07) is 2.31. The summed E-state index contributed by atoms with van der Waals surface area (Å²) in [5.41, 5.74) is 9.69. The van der Waals surface area contributed by atoms with E-state index in [0.717, 1.165) is 24.3 Å². The second-order valence-electron chi connectivity index (χ2n) is 10.2. The predicted octanol–water partition coefficient (Wildman–Crippen LogP) is -0.522. The molecule has 49 heavy (non-hydrogen) atoms. The van der Waals surface area contributed by atoms with Crippen molar-refractivity contribution in [1.29, 1.82) is 0 Å². The molecule has 1 aliphatic heterocycles. The fourth-order valence-electron chi connectivity index (χ4n) is 3.87. The number of ether oxygens (including phenoxy) is 1. The predicted molar refractivity (Wildman–Crippen MR) is 159 cm³/mol. The lowest BCUT2D eigenvalue weighted by Crippen LogP contribution is -2.76. The molecule has 3 aromatic rings. The van der Waals surface area contributed by atoms with Gasteiger partial charge in [0.2, 0.25) is 22.5 Å². The number of hydrogen-bond donors (Lipinski definition) is 4. The van der Waals surface area contributed by atoms with E-state index in [1.807, 2.05) is 27.9 Å². The number of pyridine rings is 1. The third-order valence-electron chi connectivity index (χ3n) is 6.24. The SMILES string of the molecule is CC1(C)[C@H](NC(=O)/C(=N\OCCOc2ccc(-n3cc[n+](CCCN)c3)nc2)c2csc(N)n2)C(=O)N1OS(=O)(=O)[O-].O=C(O)C(F)(F)F. The van der Waals surface area contributed by atoms with E-state index in [-0.39, 0.29) is 29.8 Å². The number of aliphatic carboxylic acids is 1. The zero-order valence-corrected chi connectivity index (χ0v) is 27.2. The molecule has 0 unspecified atom stereocenters. The first-order chi connectivity index (χ1) is 22.8.